The summed E-state index contributed by atoms with van der Waals surface area (Å²) in [5.74, 6) is 1.88. The summed E-state index contributed by atoms with van der Waals surface area (Å²) in [6, 6.07) is 13.3. The number of ether oxygens (including phenoxy) is 2. The number of hydrogen-bond donors (Lipinski definition) is 0. The Kier molecular flexibility index (Phi) is 7.69. The van der Waals surface area contributed by atoms with E-state index >= 15 is 0 Å². The number of hydrogen-bond acceptors (Lipinski definition) is 5. The lowest BCUT2D eigenvalue weighted by Gasteiger charge is -2.24. The Morgan fingerprint density at radius 1 is 1.16 bits per heavy atom. The molecule has 0 aliphatic rings. The van der Waals surface area contributed by atoms with Crippen molar-refractivity contribution in [1.29, 1.82) is 0 Å². The number of aromatic nitrogens is 1. The molecule has 0 aliphatic heterocycles. The number of benzene rings is 2. The van der Waals surface area contributed by atoms with Gasteiger partial charge in [0.1, 0.15) is 23.1 Å². The zero-order valence-electron chi connectivity index (χ0n) is 18.8. The molecule has 3 rings (SSSR count). The molecule has 0 atom stereocenters. The largest absolute Gasteiger partial charge is 0.497 e. The molecule has 5 nitrogen and oxygen atoms in total. The normalized spacial score (nSPS) is 10.9. The van der Waals surface area contributed by atoms with Crippen LogP contribution in [0, 0.1) is 19.8 Å². The standard InChI is InChI=1S/C25H30N2O3S/c1-17(2)13-27(25(28)20-9-7-10-22(12-20)29-5)14-21-16-31-24(26-21)15-30-23-11-6-8-18(3)19(23)4/h6-12,16-17H,13-15H2,1-5H3. The topological polar surface area (TPSA) is 51.7 Å². The van der Waals surface area contributed by atoms with Gasteiger partial charge in [-0.1, -0.05) is 32.0 Å². The number of amides is 1. The predicted octanol–water partition coefficient (Wildman–Crippen LogP) is 5.65. The Bertz CT molecular complexity index is 1030. The van der Waals surface area contributed by atoms with Crippen LogP contribution in [0.5, 0.6) is 11.5 Å². The molecule has 3 aromatic rings. The van der Waals surface area contributed by atoms with Gasteiger partial charge in [0.25, 0.3) is 5.91 Å². The Morgan fingerprint density at radius 3 is 2.68 bits per heavy atom. The lowest BCUT2D eigenvalue weighted by molar-refractivity contribution is 0.0720. The molecule has 0 aliphatic carbocycles. The van der Waals surface area contributed by atoms with E-state index in [2.05, 4.69) is 33.8 Å². The van der Waals surface area contributed by atoms with Crippen molar-refractivity contribution in [3.63, 3.8) is 0 Å². The van der Waals surface area contributed by atoms with Gasteiger partial charge in [0.15, 0.2) is 0 Å². The van der Waals surface area contributed by atoms with Gasteiger partial charge in [0.05, 0.1) is 19.3 Å². The van der Waals surface area contributed by atoms with Crippen LogP contribution in [0.25, 0.3) is 0 Å². The SMILES string of the molecule is COc1cccc(C(=O)N(Cc2csc(COc3cccc(C)c3C)n2)CC(C)C)c1. The molecule has 0 radical (unpaired) electrons. The number of carbonyl (C=O) groups is 1. The lowest BCUT2D eigenvalue weighted by atomic mass is 10.1. The van der Waals surface area contributed by atoms with Crippen molar-refractivity contribution in [2.45, 2.75) is 40.8 Å². The van der Waals surface area contributed by atoms with Crippen LogP contribution >= 0.6 is 11.3 Å². The van der Waals surface area contributed by atoms with Crippen LogP contribution in [0.4, 0.5) is 0 Å². The van der Waals surface area contributed by atoms with E-state index in [0.717, 1.165) is 22.0 Å². The Morgan fingerprint density at radius 2 is 1.94 bits per heavy atom. The molecule has 0 bridgehead atoms. The molecule has 1 amide bonds. The van der Waals surface area contributed by atoms with Gasteiger partial charge in [-0.05, 0) is 55.2 Å². The molecule has 0 saturated carbocycles. The number of carbonyl (C=O) groups excluding carboxylic acids is 1. The first kappa shape index (κ1) is 22.8. The first-order chi connectivity index (χ1) is 14.9. The maximum Gasteiger partial charge on any atom is 0.254 e. The third-order valence-electron chi connectivity index (χ3n) is 5.05. The second-order valence-electron chi connectivity index (χ2n) is 8.03. The predicted molar refractivity (Wildman–Crippen MR) is 125 cm³/mol. The molecule has 0 unspecified atom stereocenters. The molecule has 6 heteroatoms. The van der Waals surface area contributed by atoms with Crippen LogP contribution in [0.1, 0.15) is 46.0 Å². The molecule has 164 valence electrons. The van der Waals surface area contributed by atoms with Gasteiger partial charge in [0.2, 0.25) is 0 Å². The van der Waals surface area contributed by atoms with E-state index in [4.69, 9.17) is 14.5 Å². The molecule has 0 spiro atoms. The molecule has 0 N–H and O–H groups in total. The summed E-state index contributed by atoms with van der Waals surface area (Å²) in [5, 5.41) is 2.91. The summed E-state index contributed by atoms with van der Waals surface area (Å²) >= 11 is 1.56. The van der Waals surface area contributed by atoms with Crippen LogP contribution in [0.3, 0.4) is 0 Å². The second-order valence-corrected chi connectivity index (χ2v) is 8.97. The molecule has 0 saturated heterocycles. The van der Waals surface area contributed by atoms with Gasteiger partial charge >= 0.3 is 0 Å². The Hall–Kier alpha value is -2.86. The van der Waals surface area contributed by atoms with Crippen molar-refractivity contribution in [1.82, 2.24) is 9.88 Å². The van der Waals surface area contributed by atoms with E-state index in [1.54, 1.807) is 24.5 Å². The zero-order chi connectivity index (χ0) is 22.4. The minimum absolute atomic E-state index is 0.0196. The molecular formula is C25H30N2O3S. The molecule has 1 heterocycles. The van der Waals surface area contributed by atoms with Crippen LogP contribution in [0.15, 0.2) is 47.8 Å². The number of nitrogens with zero attached hydrogens (tertiary/aromatic N) is 2. The summed E-state index contributed by atoms with van der Waals surface area (Å²) in [6.45, 7) is 9.89. The number of thiazole rings is 1. The third kappa shape index (κ3) is 6.07. The molecule has 1 aromatic heterocycles. The highest BCUT2D eigenvalue weighted by Crippen LogP contribution is 2.23. The minimum atomic E-state index is -0.0196. The molecule has 31 heavy (non-hydrogen) atoms. The van der Waals surface area contributed by atoms with E-state index in [9.17, 15) is 4.79 Å². The van der Waals surface area contributed by atoms with Crippen molar-refractivity contribution in [3.8, 4) is 11.5 Å². The molecular weight excluding hydrogens is 408 g/mol. The van der Waals surface area contributed by atoms with Gasteiger partial charge in [-0.15, -0.1) is 11.3 Å². The summed E-state index contributed by atoms with van der Waals surface area (Å²) in [7, 11) is 1.60. The van der Waals surface area contributed by atoms with Gasteiger partial charge < -0.3 is 14.4 Å². The summed E-state index contributed by atoms with van der Waals surface area (Å²) in [4.78, 5) is 19.7. The molecule has 0 fully saturated rings. The maximum atomic E-state index is 13.2. The Balaban J connectivity index is 1.70. The quantitative estimate of drug-likeness (QED) is 0.433. The first-order valence-electron chi connectivity index (χ1n) is 10.4. The first-order valence-corrected chi connectivity index (χ1v) is 11.3. The van der Waals surface area contributed by atoms with Gasteiger partial charge in [-0.25, -0.2) is 4.98 Å². The lowest BCUT2D eigenvalue weighted by Crippen LogP contribution is -2.33. The number of aryl methyl sites for hydroxylation is 1. The summed E-state index contributed by atoms with van der Waals surface area (Å²) in [5.41, 5.74) is 3.85. The minimum Gasteiger partial charge on any atom is -0.497 e. The van der Waals surface area contributed by atoms with Crippen LogP contribution < -0.4 is 9.47 Å². The van der Waals surface area contributed by atoms with E-state index in [1.165, 1.54) is 5.56 Å². The van der Waals surface area contributed by atoms with Gasteiger partial charge in [-0.2, -0.15) is 0 Å². The summed E-state index contributed by atoms with van der Waals surface area (Å²) < 4.78 is 11.3. The fraction of sp³-hybridized carbons (Fsp3) is 0.360. The van der Waals surface area contributed by atoms with E-state index in [0.29, 0.717) is 36.9 Å². The van der Waals surface area contributed by atoms with Crippen LogP contribution in [0.2, 0.25) is 0 Å². The highest BCUT2D eigenvalue weighted by molar-refractivity contribution is 7.09. The average molecular weight is 439 g/mol. The smallest absolute Gasteiger partial charge is 0.254 e. The van der Waals surface area contributed by atoms with Gasteiger partial charge in [-0.3, -0.25) is 4.79 Å². The third-order valence-corrected chi connectivity index (χ3v) is 5.92. The Labute approximate surface area is 188 Å². The fourth-order valence-corrected chi connectivity index (χ4v) is 4.00. The van der Waals surface area contributed by atoms with Crippen LogP contribution in [-0.2, 0) is 13.2 Å². The second kappa shape index (κ2) is 10.4. The highest BCUT2D eigenvalue weighted by Gasteiger charge is 2.19. The van der Waals surface area contributed by atoms with Crippen molar-refractivity contribution in [2.24, 2.45) is 5.92 Å². The average Bonchev–Trinajstić information content (AvgIpc) is 3.21. The molecule has 2 aromatic carbocycles. The monoisotopic (exact) mass is 438 g/mol. The van der Waals surface area contributed by atoms with Crippen molar-refractivity contribution in [3.05, 3.63) is 75.2 Å². The zero-order valence-corrected chi connectivity index (χ0v) is 19.7. The summed E-state index contributed by atoms with van der Waals surface area (Å²) in [6.07, 6.45) is 0. The van der Waals surface area contributed by atoms with E-state index in [-0.39, 0.29) is 5.91 Å². The number of rotatable bonds is 9. The highest BCUT2D eigenvalue weighted by atomic mass is 32.1. The fourth-order valence-electron chi connectivity index (χ4n) is 3.30. The van der Waals surface area contributed by atoms with E-state index < -0.39 is 0 Å². The van der Waals surface area contributed by atoms with Crippen molar-refractivity contribution >= 4 is 17.2 Å². The van der Waals surface area contributed by atoms with Crippen molar-refractivity contribution < 1.29 is 14.3 Å². The van der Waals surface area contributed by atoms with Crippen molar-refractivity contribution in [2.75, 3.05) is 13.7 Å². The maximum absolute atomic E-state index is 13.2. The van der Waals surface area contributed by atoms with E-state index in [1.807, 2.05) is 40.6 Å². The van der Waals surface area contributed by atoms with Crippen LogP contribution in [-0.4, -0.2) is 29.4 Å². The van der Waals surface area contributed by atoms with Gasteiger partial charge in [0, 0.05) is 17.5 Å². The number of methoxy groups -OCH3 is 1.